The number of carbonyl (C=O) groups excluding carboxylic acids is 1. The summed E-state index contributed by atoms with van der Waals surface area (Å²) >= 11 is 0. The first-order valence-corrected chi connectivity index (χ1v) is 5.81. The Hall–Kier alpha value is -0.620. The number of ether oxygens (including phenoxy) is 1. The molecule has 76 valence electrons. The van der Waals surface area contributed by atoms with Crippen LogP contribution in [0.5, 0.6) is 0 Å². The largest absolute Gasteiger partial charge is 0.469 e. The van der Waals surface area contributed by atoms with E-state index in [2.05, 4.69) is 4.74 Å². The van der Waals surface area contributed by atoms with E-state index < -0.39 is 26.5 Å². The lowest BCUT2D eigenvalue weighted by atomic mass is 10.1. The molecule has 0 aliphatic heterocycles. The Morgan fingerprint density at radius 3 is 2.46 bits per heavy atom. The number of nitrogens with two attached hydrogens (primary N) is 1. The Balaban J connectivity index is 2.87. The highest BCUT2D eigenvalue weighted by molar-refractivity contribution is 7.91. The van der Waals surface area contributed by atoms with Crippen LogP contribution >= 0.6 is 0 Å². The fraction of sp³-hybridized carbons (Fsp3) is 0.857. The molecular weight excluding hydrogens is 194 g/mol. The van der Waals surface area contributed by atoms with Crippen LogP contribution in [0.2, 0.25) is 0 Å². The third-order valence-corrected chi connectivity index (χ3v) is 4.13. The second-order valence-corrected chi connectivity index (χ2v) is 5.60. The van der Waals surface area contributed by atoms with Crippen molar-refractivity contribution in [1.82, 2.24) is 0 Å². The molecule has 6 heteroatoms. The highest BCUT2D eigenvalue weighted by Gasteiger charge is 2.65. The van der Waals surface area contributed by atoms with Gasteiger partial charge in [0.15, 0.2) is 9.84 Å². The Bertz CT molecular complexity index is 323. The second-order valence-electron chi connectivity index (χ2n) is 3.37. The van der Waals surface area contributed by atoms with Crippen molar-refractivity contribution in [3.05, 3.63) is 0 Å². The van der Waals surface area contributed by atoms with Gasteiger partial charge in [0, 0.05) is 12.8 Å². The third kappa shape index (κ3) is 1.55. The van der Waals surface area contributed by atoms with E-state index in [1.807, 2.05) is 0 Å². The van der Waals surface area contributed by atoms with Gasteiger partial charge in [0.2, 0.25) is 0 Å². The summed E-state index contributed by atoms with van der Waals surface area (Å²) < 4.78 is 26.8. The van der Waals surface area contributed by atoms with E-state index in [0.29, 0.717) is 0 Å². The van der Waals surface area contributed by atoms with E-state index in [1.165, 1.54) is 7.11 Å². The number of methoxy groups -OCH3 is 1. The Morgan fingerprint density at radius 1 is 1.69 bits per heavy atom. The van der Waals surface area contributed by atoms with Gasteiger partial charge in [-0.15, -0.1) is 0 Å². The van der Waals surface area contributed by atoms with Crippen LogP contribution in [0.3, 0.4) is 0 Å². The van der Waals surface area contributed by atoms with Gasteiger partial charge < -0.3 is 10.5 Å². The van der Waals surface area contributed by atoms with Crippen molar-refractivity contribution in [1.29, 1.82) is 0 Å². The lowest BCUT2D eigenvalue weighted by Crippen LogP contribution is -2.32. The molecule has 0 amide bonds. The zero-order valence-corrected chi connectivity index (χ0v) is 8.43. The highest BCUT2D eigenvalue weighted by Crippen LogP contribution is 2.50. The number of rotatable bonds is 3. The quantitative estimate of drug-likeness (QED) is 0.595. The summed E-state index contributed by atoms with van der Waals surface area (Å²) in [6.45, 7) is 0.0252. The molecular formula is C7H13NO4S. The minimum Gasteiger partial charge on any atom is -0.469 e. The number of esters is 1. The maximum absolute atomic E-state index is 11.2. The molecule has 0 aromatic rings. The van der Waals surface area contributed by atoms with Crippen molar-refractivity contribution < 1.29 is 17.9 Å². The van der Waals surface area contributed by atoms with Gasteiger partial charge >= 0.3 is 5.97 Å². The number of sulfone groups is 1. The molecule has 0 bridgehead atoms. The minimum absolute atomic E-state index is 0.0252. The average molecular weight is 207 g/mol. The first-order valence-electron chi connectivity index (χ1n) is 3.86. The molecule has 1 rings (SSSR count). The van der Waals surface area contributed by atoms with Crippen molar-refractivity contribution in [3.8, 4) is 0 Å². The SMILES string of the molecule is COC(=O)[C@]1(CN)C[C@@H]1S(C)(=O)=O. The summed E-state index contributed by atoms with van der Waals surface area (Å²) in [5, 5.41) is -0.655. The molecule has 0 radical (unpaired) electrons. The molecule has 1 saturated carbocycles. The fourth-order valence-electron chi connectivity index (χ4n) is 1.55. The molecule has 0 aromatic heterocycles. The van der Waals surface area contributed by atoms with Gasteiger partial charge in [0.1, 0.15) is 0 Å². The molecule has 5 nitrogen and oxygen atoms in total. The van der Waals surface area contributed by atoms with Gasteiger partial charge in [-0.1, -0.05) is 0 Å². The van der Waals surface area contributed by atoms with Crippen LogP contribution in [-0.2, 0) is 19.4 Å². The summed E-state index contributed by atoms with van der Waals surface area (Å²) in [6, 6.07) is 0. The molecule has 1 fully saturated rings. The molecule has 0 spiro atoms. The zero-order valence-electron chi connectivity index (χ0n) is 7.61. The van der Waals surface area contributed by atoms with Crippen LogP contribution in [0.25, 0.3) is 0 Å². The number of hydrogen-bond donors (Lipinski definition) is 1. The first-order chi connectivity index (χ1) is 5.88. The smallest absolute Gasteiger partial charge is 0.314 e. The molecule has 0 saturated heterocycles. The topological polar surface area (TPSA) is 86.5 Å². The van der Waals surface area contributed by atoms with Gasteiger partial charge in [-0.25, -0.2) is 8.42 Å². The fourth-order valence-corrected chi connectivity index (χ4v) is 3.16. The maximum Gasteiger partial charge on any atom is 0.314 e. The van der Waals surface area contributed by atoms with E-state index in [1.54, 1.807) is 0 Å². The van der Waals surface area contributed by atoms with E-state index in [-0.39, 0.29) is 13.0 Å². The van der Waals surface area contributed by atoms with E-state index in [0.717, 1.165) is 6.26 Å². The Morgan fingerprint density at radius 2 is 2.23 bits per heavy atom. The van der Waals surface area contributed by atoms with Crippen molar-refractivity contribution in [3.63, 3.8) is 0 Å². The minimum atomic E-state index is -3.19. The molecule has 0 heterocycles. The summed E-state index contributed by atoms with van der Waals surface area (Å²) in [5.74, 6) is -0.523. The van der Waals surface area contributed by atoms with Gasteiger partial charge in [-0.2, -0.15) is 0 Å². The summed E-state index contributed by atoms with van der Waals surface area (Å²) in [5.41, 5.74) is 4.40. The normalized spacial score (nSPS) is 32.7. The molecule has 1 aliphatic rings. The molecule has 1 aliphatic carbocycles. The summed E-state index contributed by atoms with van der Waals surface area (Å²) in [6.07, 6.45) is 1.40. The third-order valence-electron chi connectivity index (χ3n) is 2.48. The molecule has 0 aromatic carbocycles. The van der Waals surface area contributed by atoms with E-state index >= 15 is 0 Å². The van der Waals surface area contributed by atoms with Crippen LogP contribution < -0.4 is 5.73 Å². The van der Waals surface area contributed by atoms with Crippen LogP contribution in [0.4, 0.5) is 0 Å². The monoisotopic (exact) mass is 207 g/mol. The molecule has 2 N–H and O–H groups in total. The van der Waals surface area contributed by atoms with Crippen molar-refractivity contribution >= 4 is 15.8 Å². The predicted molar refractivity (Wildman–Crippen MR) is 46.8 cm³/mol. The lowest BCUT2D eigenvalue weighted by Gasteiger charge is -2.10. The van der Waals surface area contributed by atoms with Crippen molar-refractivity contribution in [2.45, 2.75) is 11.7 Å². The Kier molecular flexibility index (Phi) is 2.38. The van der Waals surface area contributed by atoms with Gasteiger partial charge in [-0.3, -0.25) is 4.79 Å². The van der Waals surface area contributed by atoms with E-state index in [4.69, 9.17) is 5.73 Å². The van der Waals surface area contributed by atoms with Crippen LogP contribution in [0, 0.1) is 5.41 Å². The zero-order chi connectivity index (χ0) is 10.3. The van der Waals surface area contributed by atoms with Crippen LogP contribution in [0.1, 0.15) is 6.42 Å². The molecule has 0 unspecified atom stereocenters. The Labute approximate surface area is 77.2 Å². The number of hydrogen-bond acceptors (Lipinski definition) is 5. The predicted octanol–water partition coefficient (Wildman–Crippen LogP) is -1.08. The highest BCUT2D eigenvalue weighted by atomic mass is 32.2. The van der Waals surface area contributed by atoms with Gasteiger partial charge in [0.05, 0.1) is 17.8 Å². The van der Waals surface area contributed by atoms with E-state index in [9.17, 15) is 13.2 Å². The molecule has 2 atom stereocenters. The van der Waals surface area contributed by atoms with Crippen LogP contribution in [0.15, 0.2) is 0 Å². The summed E-state index contributed by atoms with van der Waals surface area (Å²) in [4.78, 5) is 11.2. The second kappa shape index (κ2) is 2.95. The van der Waals surface area contributed by atoms with Gasteiger partial charge in [-0.05, 0) is 6.42 Å². The maximum atomic E-state index is 11.2. The average Bonchev–Trinajstić information content (AvgIpc) is 2.78. The van der Waals surface area contributed by atoms with Crippen molar-refractivity contribution in [2.24, 2.45) is 11.1 Å². The van der Waals surface area contributed by atoms with Gasteiger partial charge in [0.25, 0.3) is 0 Å². The number of carbonyl (C=O) groups is 1. The standard InChI is InChI=1S/C7H13NO4S/c1-12-6(9)7(4-8)3-5(7)13(2,10)11/h5H,3-4,8H2,1-2H3/t5-,7-/m0/s1. The van der Waals surface area contributed by atoms with Crippen LogP contribution in [-0.4, -0.2) is 39.5 Å². The molecule has 13 heavy (non-hydrogen) atoms. The first kappa shape index (κ1) is 10.5. The van der Waals surface area contributed by atoms with Crippen molar-refractivity contribution in [2.75, 3.05) is 19.9 Å². The lowest BCUT2D eigenvalue weighted by molar-refractivity contribution is -0.146. The summed E-state index contributed by atoms with van der Waals surface area (Å²) in [7, 11) is -1.95.